The molecule has 2 aliphatic rings. The average molecular weight is 434 g/mol. The predicted molar refractivity (Wildman–Crippen MR) is 124 cm³/mol. The van der Waals surface area contributed by atoms with Crippen LogP contribution in [0.4, 0.5) is 11.6 Å². The van der Waals surface area contributed by atoms with Crippen LogP contribution >= 0.6 is 0 Å². The van der Waals surface area contributed by atoms with Gasteiger partial charge in [-0.3, -0.25) is 0 Å². The molecule has 1 unspecified atom stereocenters. The van der Waals surface area contributed by atoms with Gasteiger partial charge >= 0.3 is 7.12 Å². The summed E-state index contributed by atoms with van der Waals surface area (Å²) >= 11 is 0. The fourth-order valence-corrected chi connectivity index (χ4v) is 4.46. The number of likely N-dealkylation sites (N-methyl/N-ethyl adjacent to an activating group) is 1. The van der Waals surface area contributed by atoms with E-state index in [1.165, 1.54) is 0 Å². The lowest BCUT2D eigenvalue weighted by Gasteiger charge is -2.26. The summed E-state index contributed by atoms with van der Waals surface area (Å²) in [4.78, 5) is 9.15. The highest BCUT2D eigenvalue weighted by molar-refractivity contribution is 6.61. The van der Waals surface area contributed by atoms with Gasteiger partial charge in [0.05, 0.1) is 18.3 Å². The molecular formula is C23H27BN4O4. The highest BCUT2D eigenvalue weighted by Gasteiger charge is 2.34. The van der Waals surface area contributed by atoms with Crippen molar-refractivity contribution in [1.29, 1.82) is 0 Å². The molecule has 1 atom stereocenters. The monoisotopic (exact) mass is 434 g/mol. The Morgan fingerprint density at radius 2 is 2.03 bits per heavy atom. The van der Waals surface area contributed by atoms with E-state index in [1.54, 1.807) is 6.20 Å². The Morgan fingerprint density at radius 1 is 1.19 bits per heavy atom. The first-order chi connectivity index (χ1) is 15.6. The van der Waals surface area contributed by atoms with E-state index >= 15 is 0 Å². The van der Waals surface area contributed by atoms with Crippen molar-refractivity contribution < 1.29 is 19.5 Å². The van der Waals surface area contributed by atoms with E-state index in [2.05, 4.69) is 15.6 Å². The van der Waals surface area contributed by atoms with Crippen LogP contribution in [0.2, 0.25) is 0 Å². The molecule has 1 aliphatic carbocycles. The number of anilines is 2. The minimum Gasteiger partial charge on any atom is -0.488 e. The molecule has 5 rings (SSSR count). The molecule has 1 aromatic heterocycles. The Morgan fingerprint density at radius 3 is 2.84 bits per heavy atom. The van der Waals surface area contributed by atoms with Gasteiger partial charge in [0.25, 0.3) is 0 Å². The van der Waals surface area contributed by atoms with Crippen LogP contribution in [0.5, 0.6) is 5.75 Å². The van der Waals surface area contributed by atoms with Gasteiger partial charge in [-0.05, 0) is 62.0 Å². The van der Waals surface area contributed by atoms with Gasteiger partial charge in [-0.1, -0.05) is 18.2 Å². The second-order valence-corrected chi connectivity index (χ2v) is 8.44. The first kappa shape index (κ1) is 21.1. The van der Waals surface area contributed by atoms with Crippen LogP contribution in [-0.4, -0.2) is 53.0 Å². The SMILES string of the molecule is CNCC1OB(O)c2cc(Nc3ncc4cccc(OC5CCC(O)CC5)c4n3)ccc21. The quantitative estimate of drug-likeness (QED) is 0.437. The first-order valence-corrected chi connectivity index (χ1v) is 11.1. The number of nitrogens with zero attached hydrogens (tertiary/aromatic N) is 2. The molecule has 4 N–H and O–H groups in total. The molecule has 166 valence electrons. The van der Waals surface area contributed by atoms with Crippen molar-refractivity contribution in [2.24, 2.45) is 0 Å². The average Bonchev–Trinajstić information content (AvgIpc) is 3.11. The number of hydrogen-bond acceptors (Lipinski definition) is 8. The molecule has 0 spiro atoms. The second kappa shape index (κ2) is 9.03. The van der Waals surface area contributed by atoms with E-state index in [4.69, 9.17) is 14.4 Å². The summed E-state index contributed by atoms with van der Waals surface area (Å²) in [7, 11) is 0.910. The molecule has 1 saturated carbocycles. The maximum atomic E-state index is 10.3. The van der Waals surface area contributed by atoms with Crippen LogP contribution < -0.4 is 20.8 Å². The summed E-state index contributed by atoms with van der Waals surface area (Å²) in [6.07, 6.45) is 4.67. The lowest BCUT2D eigenvalue weighted by molar-refractivity contribution is 0.0672. The minimum atomic E-state index is -0.948. The fraction of sp³-hybridized carbons (Fsp3) is 0.391. The molecule has 32 heavy (non-hydrogen) atoms. The zero-order valence-electron chi connectivity index (χ0n) is 18.0. The van der Waals surface area contributed by atoms with Crippen LogP contribution in [0.25, 0.3) is 10.9 Å². The smallest absolute Gasteiger partial charge is 0.488 e. The Balaban J connectivity index is 1.38. The summed E-state index contributed by atoms with van der Waals surface area (Å²) in [5.74, 6) is 1.18. The number of fused-ring (bicyclic) bond motifs is 2. The topological polar surface area (TPSA) is 109 Å². The molecule has 2 heterocycles. The van der Waals surface area contributed by atoms with Gasteiger partial charge in [-0.25, -0.2) is 9.97 Å². The standard InChI is InChI=1S/C23H27BN4O4/c1-25-13-21-18-10-5-15(11-19(18)24(30)32-21)27-23-26-12-14-3-2-4-20(22(14)28-23)31-17-8-6-16(29)7-9-17/h2-5,10-12,16-17,21,25,29-30H,6-9,13H2,1H3,(H,26,27,28). The molecule has 3 aromatic rings. The molecule has 9 heteroatoms. The predicted octanol–water partition coefficient (Wildman–Crippen LogP) is 2.03. The Labute approximate surface area is 187 Å². The summed E-state index contributed by atoms with van der Waals surface area (Å²) in [6.45, 7) is 0.632. The molecule has 8 nitrogen and oxygen atoms in total. The Hall–Kier alpha value is -2.72. The largest absolute Gasteiger partial charge is 0.492 e. The third-order valence-electron chi connectivity index (χ3n) is 6.15. The van der Waals surface area contributed by atoms with E-state index < -0.39 is 7.12 Å². The number of rotatable bonds is 6. The van der Waals surface area contributed by atoms with Crippen molar-refractivity contribution in [3.05, 3.63) is 48.2 Å². The lowest BCUT2D eigenvalue weighted by atomic mass is 9.79. The van der Waals surface area contributed by atoms with Gasteiger partial charge in [0, 0.05) is 23.8 Å². The van der Waals surface area contributed by atoms with Crippen LogP contribution in [-0.2, 0) is 4.65 Å². The van der Waals surface area contributed by atoms with Crippen molar-refractivity contribution in [2.45, 2.75) is 44.0 Å². The summed E-state index contributed by atoms with van der Waals surface area (Å²) in [5.41, 5.74) is 3.25. The molecule has 0 bridgehead atoms. The first-order valence-electron chi connectivity index (χ1n) is 11.1. The number of para-hydroxylation sites is 1. The van der Waals surface area contributed by atoms with Gasteiger partial charge in [-0.2, -0.15) is 0 Å². The van der Waals surface area contributed by atoms with Crippen molar-refractivity contribution in [1.82, 2.24) is 15.3 Å². The van der Waals surface area contributed by atoms with E-state index in [0.29, 0.717) is 12.5 Å². The van der Waals surface area contributed by atoms with E-state index in [0.717, 1.165) is 59.0 Å². The molecular weight excluding hydrogens is 407 g/mol. The van der Waals surface area contributed by atoms with Crippen molar-refractivity contribution in [2.75, 3.05) is 18.9 Å². The maximum absolute atomic E-state index is 10.3. The van der Waals surface area contributed by atoms with Gasteiger partial charge in [0.15, 0.2) is 0 Å². The van der Waals surface area contributed by atoms with E-state index in [1.807, 2.05) is 43.4 Å². The molecule has 0 radical (unpaired) electrons. The summed E-state index contributed by atoms with van der Waals surface area (Å²) in [6, 6.07) is 11.6. The third-order valence-corrected chi connectivity index (χ3v) is 6.15. The van der Waals surface area contributed by atoms with E-state index in [-0.39, 0.29) is 18.3 Å². The molecule has 0 saturated heterocycles. The molecule has 1 aliphatic heterocycles. The summed E-state index contributed by atoms with van der Waals surface area (Å²) in [5, 5.41) is 27.2. The van der Waals surface area contributed by atoms with Crippen LogP contribution in [0.15, 0.2) is 42.6 Å². The van der Waals surface area contributed by atoms with Gasteiger partial charge in [0.1, 0.15) is 11.3 Å². The Bertz CT molecular complexity index is 1110. The Kier molecular flexibility index (Phi) is 5.97. The lowest BCUT2D eigenvalue weighted by Crippen LogP contribution is -2.28. The van der Waals surface area contributed by atoms with Crippen molar-refractivity contribution in [3.8, 4) is 5.75 Å². The number of aromatic nitrogens is 2. The zero-order valence-corrected chi connectivity index (χ0v) is 18.0. The van der Waals surface area contributed by atoms with Gasteiger partial charge in [0.2, 0.25) is 5.95 Å². The number of aliphatic hydroxyl groups excluding tert-OH is 1. The number of benzene rings is 2. The molecule has 2 aromatic carbocycles. The van der Waals surface area contributed by atoms with Crippen LogP contribution in [0, 0.1) is 0 Å². The van der Waals surface area contributed by atoms with Crippen molar-refractivity contribution >= 4 is 35.1 Å². The maximum Gasteiger partial charge on any atom is 0.492 e. The second-order valence-electron chi connectivity index (χ2n) is 8.44. The number of ether oxygens (including phenoxy) is 1. The van der Waals surface area contributed by atoms with Gasteiger partial charge in [-0.15, -0.1) is 0 Å². The zero-order chi connectivity index (χ0) is 22.1. The van der Waals surface area contributed by atoms with E-state index in [9.17, 15) is 10.1 Å². The number of aliphatic hydroxyl groups is 1. The number of hydrogen-bond donors (Lipinski definition) is 4. The van der Waals surface area contributed by atoms with Crippen molar-refractivity contribution in [3.63, 3.8) is 0 Å². The van der Waals surface area contributed by atoms with Gasteiger partial charge < -0.3 is 30.2 Å². The molecule has 0 amide bonds. The minimum absolute atomic E-state index is 0.0825. The third kappa shape index (κ3) is 4.29. The summed E-state index contributed by atoms with van der Waals surface area (Å²) < 4.78 is 11.9. The van der Waals surface area contributed by atoms with Crippen LogP contribution in [0.1, 0.15) is 37.4 Å². The fourth-order valence-electron chi connectivity index (χ4n) is 4.46. The normalized spacial score (nSPS) is 22.7. The van der Waals surface area contributed by atoms with Crippen LogP contribution in [0.3, 0.4) is 0 Å². The number of nitrogens with one attached hydrogen (secondary N) is 2. The highest BCUT2D eigenvalue weighted by Crippen LogP contribution is 2.30. The molecule has 1 fully saturated rings. The highest BCUT2D eigenvalue weighted by atomic mass is 16.5.